The second-order valence-corrected chi connectivity index (χ2v) is 8.08. The Balaban J connectivity index is 0.00000363. The molecule has 0 N–H and O–H groups in total. The number of carbonyl (C=O) groups excluding carboxylic acids is 1. The van der Waals surface area contributed by atoms with Gasteiger partial charge in [-0.1, -0.05) is 17.4 Å². The summed E-state index contributed by atoms with van der Waals surface area (Å²) in [5, 5.41) is 0.643. The summed E-state index contributed by atoms with van der Waals surface area (Å²) in [5.74, 6) is 1.97. The number of benzene rings is 2. The van der Waals surface area contributed by atoms with E-state index in [1.54, 1.807) is 17.0 Å². The molecule has 0 fully saturated rings. The van der Waals surface area contributed by atoms with Crippen LogP contribution < -0.4 is 19.1 Å². The number of aromatic nitrogens is 1. The molecule has 0 aliphatic rings. The molecule has 9 heteroatoms. The van der Waals surface area contributed by atoms with Crippen LogP contribution in [0.15, 0.2) is 42.5 Å². The van der Waals surface area contributed by atoms with Gasteiger partial charge in [-0.25, -0.2) is 4.98 Å². The first-order valence-electron chi connectivity index (χ1n) is 10.3. The fourth-order valence-electron chi connectivity index (χ4n) is 2.95. The maximum absolute atomic E-state index is 13.1. The lowest BCUT2D eigenvalue weighted by Crippen LogP contribution is -2.39. The first-order chi connectivity index (χ1) is 15.0. The number of likely N-dealkylation sites (N-methyl/N-ethyl adjacent to an activating group) is 1. The minimum Gasteiger partial charge on any atom is -0.494 e. The Labute approximate surface area is 199 Å². The molecule has 1 heterocycles. The number of nitrogens with zero attached hydrogens (tertiary/aromatic N) is 3. The van der Waals surface area contributed by atoms with Crippen LogP contribution in [0.2, 0.25) is 0 Å². The number of fused-ring (bicyclic) bond motifs is 1. The molecule has 174 valence electrons. The third-order valence-corrected chi connectivity index (χ3v) is 5.51. The highest BCUT2D eigenvalue weighted by atomic mass is 35.5. The molecule has 1 aromatic heterocycles. The van der Waals surface area contributed by atoms with Crippen LogP contribution in [0, 0.1) is 0 Å². The van der Waals surface area contributed by atoms with Crippen LogP contribution in [0.5, 0.6) is 17.2 Å². The Hall–Kier alpha value is -2.55. The molecule has 0 aliphatic heterocycles. The van der Waals surface area contributed by atoms with Crippen LogP contribution in [0.25, 0.3) is 10.2 Å². The van der Waals surface area contributed by atoms with Gasteiger partial charge in [0, 0.05) is 13.1 Å². The molecule has 3 rings (SSSR count). The van der Waals surface area contributed by atoms with Gasteiger partial charge in [-0.3, -0.25) is 9.69 Å². The smallest absolute Gasteiger partial charge is 0.266 e. The van der Waals surface area contributed by atoms with Gasteiger partial charge in [0.05, 0.1) is 17.9 Å². The number of amides is 1. The van der Waals surface area contributed by atoms with Crippen molar-refractivity contribution in [2.45, 2.75) is 13.8 Å². The van der Waals surface area contributed by atoms with E-state index in [4.69, 9.17) is 19.2 Å². The van der Waals surface area contributed by atoms with Gasteiger partial charge in [0.25, 0.3) is 5.91 Å². The fraction of sp³-hybridized carbons (Fsp3) is 0.391. The number of hydrogen-bond acceptors (Lipinski definition) is 7. The van der Waals surface area contributed by atoms with Crippen molar-refractivity contribution in [2.75, 3.05) is 51.9 Å². The van der Waals surface area contributed by atoms with Crippen LogP contribution >= 0.6 is 23.7 Å². The predicted octanol–water partition coefficient (Wildman–Crippen LogP) is 4.49. The van der Waals surface area contributed by atoms with Gasteiger partial charge in [0.2, 0.25) is 0 Å². The van der Waals surface area contributed by atoms with Crippen molar-refractivity contribution in [2.24, 2.45) is 0 Å². The molecule has 0 atom stereocenters. The summed E-state index contributed by atoms with van der Waals surface area (Å²) in [7, 11) is 3.95. The minimum atomic E-state index is -0.146. The Morgan fingerprint density at radius 1 is 0.938 bits per heavy atom. The van der Waals surface area contributed by atoms with E-state index >= 15 is 0 Å². The van der Waals surface area contributed by atoms with Crippen molar-refractivity contribution in [3.05, 3.63) is 42.5 Å². The van der Waals surface area contributed by atoms with Crippen molar-refractivity contribution in [1.82, 2.24) is 9.88 Å². The highest BCUT2D eigenvalue weighted by molar-refractivity contribution is 7.22. The zero-order valence-corrected chi connectivity index (χ0v) is 20.5. The minimum absolute atomic E-state index is 0. The highest BCUT2D eigenvalue weighted by Gasteiger charge is 2.21. The van der Waals surface area contributed by atoms with Crippen LogP contribution in [-0.4, -0.2) is 62.8 Å². The second-order valence-electron chi connectivity index (χ2n) is 7.07. The van der Waals surface area contributed by atoms with E-state index in [1.165, 1.54) is 11.3 Å². The van der Waals surface area contributed by atoms with E-state index in [9.17, 15) is 4.79 Å². The maximum Gasteiger partial charge on any atom is 0.266 e. The predicted molar refractivity (Wildman–Crippen MR) is 132 cm³/mol. The number of para-hydroxylation sites is 1. The average molecular weight is 480 g/mol. The number of hydrogen-bond donors (Lipinski definition) is 0. The molecule has 0 radical (unpaired) electrons. The molecule has 1 amide bonds. The van der Waals surface area contributed by atoms with E-state index in [-0.39, 0.29) is 24.9 Å². The first kappa shape index (κ1) is 25.7. The summed E-state index contributed by atoms with van der Waals surface area (Å²) in [6.07, 6.45) is 0. The summed E-state index contributed by atoms with van der Waals surface area (Å²) < 4.78 is 17.9. The number of ether oxygens (including phenoxy) is 3. The van der Waals surface area contributed by atoms with Gasteiger partial charge >= 0.3 is 0 Å². The molecule has 0 spiro atoms. The van der Waals surface area contributed by atoms with E-state index in [0.717, 1.165) is 21.7 Å². The normalized spacial score (nSPS) is 10.7. The zero-order chi connectivity index (χ0) is 22.2. The van der Waals surface area contributed by atoms with E-state index in [0.29, 0.717) is 37.2 Å². The van der Waals surface area contributed by atoms with Crippen molar-refractivity contribution in [3.63, 3.8) is 0 Å². The van der Waals surface area contributed by atoms with Crippen molar-refractivity contribution < 1.29 is 19.0 Å². The summed E-state index contributed by atoms with van der Waals surface area (Å²) >= 11 is 1.48. The summed E-state index contributed by atoms with van der Waals surface area (Å²) in [6, 6.07) is 13.1. The van der Waals surface area contributed by atoms with Crippen molar-refractivity contribution in [3.8, 4) is 17.2 Å². The lowest BCUT2D eigenvalue weighted by atomic mass is 10.3. The monoisotopic (exact) mass is 479 g/mol. The second kappa shape index (κ2) is 12.5. The Kier molecular flexibility index (Phi) is 10.0. The molecule has 2 aromatic carbocycles. The number of rotatable bonds is 11. The molecule has 0 saturated carbocycles. The molecule has 32 heavy (non-hydrogen) atoms. The van der Waals surface area contributed by atoms with E-state index in [2.05, 4.69) is 0 Å². The highest BCUT2D eigenvalue weighted by Crippen LogP contribution is 2.34. The van der Waals surface area contributed by atoms with Crippen LogP contribution in [0.4, 0.5) is 5.13 Å². The van der Waals surface area contributed by atoms with Gasteiger partial charge in [-0.05, 0) is 64.3 Å². The van der Waals surface area contributed by atoms with Crippen LogP contribution in [-0.2, 0) is 4.79 Å². The largest absolute Gasteiger partial charge is 0.494 e. The SMILES string of the molecule is CCOc1ccc(OCC(=O)N(CCN(C)C)c2nc3c(OCC)cccc3s2)cc1.Cl. The topological polar surface area (TPSA) is 64.1 Å². The molecule has 0 bridgehead atoms. The summed E-state index contributed by atoms with van der Waals surface area (Å²) in [5.41, 5.74) is 0.777. The Morgan fingerprint density at radius 2 is 1.59 bits per heavy atom. The third-order valence-electron chi connectivity index (χ3n) is 4.47. The maximum atomic E-state index is 13.1. The Morgan fingerprint density at radius 3 is 2.22 bits per heavy atom. The van der Waals surface area contributed by atoms with Gasteiger partial charge in [0.1, 0.15) is 22.8 Å². The Bertz CT molecular complexity index is 995. The molecule has 7 nitrogen and oxygen atoms in total. The van der Waals surface area contributed by atoms with Crippen molar-refractivity contribution in [1.29, 1.82) is 0 Å². The van der Waals surface area contributed by atoms with Crippen LogP contribution in [0.1, 0.15) is 13.8 Å². The number of carbonyl (C=O) groups is 1. The standard InChI is InChI=1S/C23H29N3O4S.ClH/c1-5-28-17-10-12-18(13-11-17)30-16-21(27)26(15-14-25(3)4)23-24-22-19(29-6-2)8-7-9-20(22)31-23;/h7-13H,5-6,14-16H2,1-4H3;1H. The average Bonchev–Trinajstić information content (AvgIpc) is 3.18. The number of halogens is 1. The van der Waals surface area contributed by atoms with E-state index in [1.807, 2.05) is 63.2 Å². The lowest BCUT2D eigenvalue weighted by molar-refractivity contribution is -0.120. The molecule has 3 aromatic rings. The van der Waals surface area contributed by atoms with Crippen molar-refractivity contribution >= 4 is 45.0 Å². The molecule has 0 aliphatic carbocycles. The number of anilines is 1. The molecule has 0 saturated heterocycles. The van der Waals surface area contributed by atoms with Gasteiger partial charge in [-0.2, -0.15) is 0 Å². The summed E-state index contributed by atoms with van der Waals surface area (Å²) in [6.45, 7) is 6.20. The molecular formula is C23H30ClN3O4S. The number of thiazole rings is 1. The first-order valence-corrected chi connectivity index (χ1v) is 11.2. The molecule has 0 unspecified atom stereocenters. The summed E-state index contributed by atoms with van der Waals surface area (Å²) in [4.78, 5) is 21.5. The van der Waals surface area contributed by atoms with Crippen LogP contribution in [0.3, 0.4) is 0 Å². The lowest BCUT2D eigenvalue weighted by Gasteiger charge is -2.22. The van der Waals surface area contributed by atoms with Gasteiger partial charge in [-0.15, -0.1) is 12.4 Å². The van der Waals surface area contributed by atoms with Gasteiger partial charge in [0.15, 0.2) is 11.7 Å². The zero-order valence-electron chi connectivity index (χ0n) is 18.9. The molecular weight excluding hydrogens is 450 g/mol. The van der Waals surface area contributed by atoms with Gasteiger partial charge < -0.3 is 19.1 Å². The third kappa shape index (κ3) is 6.72. The van der Waals surface area contributed by atoms with E-state index < -0.39 is 0 Å². The fourth-order valence-corrected chi connectivity index (χ4v) is 3.97. The quantitative estimate of drug-likeness (QED) is 0.404.